The van der Waals surface area contributed by atoms with Gasteiger partial charge in [-0.1, -0.05) is 12.1 Å². The highest BCUT2D eigenvalue weighted by atomic mass is 19.1. The molecule has 1 aromatic rings. The SMILES string of the molecule is O=C(NC[C@@H]1CN2CCC[C@@H]2CO1)N1CCC[C@H]1c1ccc(F)cc1. The molecule has 0 unspecified atom stereocenters. The van der Waals surface area contributed by atoms with Crippen LogP contribution in [0.2, 0.25) is 0 Å². The van der Waals surface area contributed by atoms with E-state index in [0.717, 1.165) is 44.6 Å². The zero-order valence-corrected chi connectivity index (χ0v) is 14.5. The van der Waals surface area contributed by atoms with Crippen LogP contribution in [-0.4, -0.2) is 60.8 Å². The monoisotopic (exact) mass is 347 g/mol. The number of benzene rings is 1. The lowest BCUT2D eigenvalue weighted by Gasteiger charge is -2.35. The molecular formula is C19H26FN3O2. The van der Waals surface area contributed by atoms with E-state index in [9.17, 15) is 9.18 Å². The molecular weight excluding hydrogens is 321 g/mol. The first kappa shape index (κ1) is 16.8. The number of ether oxygens (including phenoxy) is 1. The number of halogens is 1. The van der Waals surface area contributed by atoms with Crippen LogP contribution in [0.4, 0.5) is 9.18 Å². The molecule has 0 spiro atoms. The van der Waals surface area contributed by atoms with Crippen LogP contribution in [0.1, 0.15) is 37.3 Å². The predicted octanol–water partition coefficient (Wildman–Crippen LogP) is 2.54. The second kappa shape index (κ2) is 7.30. The Kier molecular flexibility index (Phi) is 4.90. The predicted molar refractivity (Wildman–Crippen MR) is 92.8 cm³/mol. The average Bonchev–Trinajstić information content (AvgIpc) is 3.29. The zero-order valence-electron chi connectivity index (χ0n) is 14.5. The van der Waals surface area contributed by atoms with Gasteiger partial charge >= 0.3 is 6.03 Å². The number of rotatable bonds is 3. The fourth-order valence-electron chi connectivity index (χ4n) is 4.35. The number of urea groups is 1. The van der Waals surface area contributed by atoms with Gasteiger partial charge in [-0.25, -0.2) is 9.18 Å². The zero-order chi connectivity index (χ0) is 17.2. The molecule has 3 atom stereocenters. The number of likely N-dealkylation sites (tertiary alicyclic amines) is 1. The number of amides is 2. The lowest BCUT2D eigenvalue weighted by Crippen LogP contribution is -2.51. The number of nitrogens with zero attached hydrogens (tertiary/aromatic N) is 2. The summed E-state index contributed by atoms with van der Waals surface area (Å²) in [5.74, 6) is -0.243. The molecule has 4 rings (SSSR count). The fraction of sp³-hybridized carbons (Fsp3) is 0.632. The van der Waals surface area contributed by atoms with Crippen molar-refractivity contribution in [2.75, 3.05) is 32.8 Å². The maximum absolute atomic E-state index is 13.1. The number of morpholine rings is 1. The molecule has 3 aliphatic rings. The third-order valence-corrected chi connectivity index (χ3v) is 5.71. The van der Waals surface area contributed by atoms with E-state index in [1.165, 1.54) is 25.0 Å². The molecule has 6 heteroatoms. The van der Waals surface area contributed by atoms with Gasteiger partial charge in [-0.15, -0.1) is 0 Å². The Bertz CT molecular complexity index is 609. The summed E-state index contributed by atoms with van der Waals surface area (Å²) in [6.45, 7) is 4.13. The molecule has 0 aliphatic carbocycles. The molecule has 25 heavy (non-hydrogen) atoms. The number of hydrogen-bond acceptors (Lipinski definition) is 3. The molecule has 0 saturated carbocycles. The van der Waals surface area contributed by atoms with Crippen LogP contribution >= 0.6 is 0 Å². The van der Waals surface area contributed by atoms with Crippen molar-refractivity contribution in [2.45, 2.75) is 43.9 Å². The normalized spacial score (nSPS) is 29.6. The Morgan fingerprint density at radius 3 is 2.84 bits per heavy atom. The van der Waals surface area contributed by atoms with Crippen molar-refractivity contribution in [1.82, 2.24) is 15.1 Å². The quantitative estimate of drug-likeness (QED) is 0.914. The minimum absolute atomic E-state index is 0.0378. The number of fused-ring (bicyclic) bond motifs is 1. The van der Waals surface area contributed by atoms with Gasteiger partial charge in [0.1, 0.15) is 5.82 Å². The van der Waals surface area contributed by atoms with E-state index in [2.05, 4.69) is 10.2 Å². The molecule has 1 N–H and O–H groups in total. The summed E-state index contributed by atoms with van der Waals surface area (Å²) in [7, 11) is 0. The summed E-state index contributed by atoms with van der Waals surface area (Å²) < 4.78 is 19.1. The Morgan fingerprint density at radius 1 is 1.20 bits per heavy atom. The summed E-state index contributed by atoms with van der Waals surface area (Å²) in [5.41, 5.74) is 1.00. The molecule has 2 amide bonds. The standard InChI is InChI=1S/C19H26FN3O2/c20-15-7-5-14(6-8-15)18-4-2-10-23(18)19(24)21-11-17-12-22-9-1-3-16(22)13-25-17/h5-8,16-18H,1-4,9-13H2,(H,21,24)/t16-,17-,18+/m1/s1. The summed E-state index contributed by atoms with van der Waals surface area (Å²) >= 11 is 0. The van der Waals surface area contributed by atoms with Gasteiger partial charge in [0, 0.05) is 25.7 Å². The van der Waals surface area contributed by atoms with Gasteiger partial charge in [0.25, 0.3) is 0 Å². The van der Waals surface area contributed by atoms with E-state index in [1.807, 2.05) is 4.90 Å². The third-order valence-electron chi connectivity index (χ3n) is 5.71. The van der Waals surface area contributed by atoms with Crippen LogP contribution in [0.25, 0.3) is 0 Å². The third kappa shape index (κ3) is 3.65. The van der Waals surface area contributed by atoms with Crippen molar-refractivity contribution >= 4 is 6.03 Å². The van der Waals surface area contributed by atoms with Gasteiger partial charge in [-0.3, -0.25) is 4.90 Å². The molecule has 0 aromatic heterocycles. The van der Waals surface area contributed by atoms with Gasteiger partial charge in [0.15, 0.2) is 0 Å². The first-order valence-electron chi connectivity index (χ1n) is 9.36. The second-order valence-electron chi connectivity index (χ2n) is 7.34. The van der Waals surface area contributed by atoms with Crippen molar-refractivity contribution < 1.29 is 13.9 Å². The highest BCUT2D eigenvalue weighted by molar-refractivity contribution is 5.75. The van der Waals surface area contributed by atoms with Crippen LogP contribution in [0.5, 0.6) is 0 Å². The smallest absolute Gasteiger partial charge is 0.318 e. The molecule has 3 saturated heterocycles. The Balaban J connectivity index is 1.32. The maximum atomic E-state index is 13.1. The number of nitrogens with one attached hydrogen (secondary N) is 1. The molecule has 136 valence electrons. The van der Waals surface area contributed by atoms with Crippen LogP contribution in [0, 0.1) is 5.82 Å². The molecule has 0 radical (unpaired) electrons. The lowest BCUT2D eigenvalue weighted by atomic mass is 10.0. The van der Waals surface area contributed by atoms with Crippen LogP contribution in [0.3, 0.4) is 0 Å². The molecule has 3 fully saturated rings. The van der Waals surface area contributed by atoms with Crippen LogP contribution in [0.15, 0.2) is 24.3 Å². The molecule has 0 bridgehead atoms. The van der Waals surface area contributed by atoms with E-state index < -0.39 is 0 Å². The van der Waals surface area contributed by atoms with Crippen molar-refractivity contribution in [3.63, 3.8) is 0 Å². The highest BCUT2D eigenvalue weighted by Crippen LogP contribution is 2.32. The van der Waals surface area contributed by atoms with Crippen LogP contribution < -0.4 is 5.32 Å². The van der Waals surface area contributed by atoms with Gasteiger partial charge in [0.05, 0.1) is 18.8 Å². The van der Waals surface area contributed by atoms with Gasteiger partial charge in [0.2, 0.25) is 0 Å². The molecule has 3 heterocycles. The minimum atomic E-state index is -0.243. The van der Waals surface area contributed by atoms with E-state index in [4.69, 9.17) is 4.74 Å². The Hall–Kier alpha value is -1.66. The lowest BCUT2D eigenvalue weighted by molar-refractivity contribution is -0.0461. The van der Waals surface area contributed by atoms with Crippen molar-refractivity contribution in [3.05, 3.63) is 35.6 Å². The summed E-state index contributed by atoms with van der Waals surface area (Å²) in [5, 5.41) is 3.05. The van der Waals surface area contributed by atoms with E-state index in [1.54, 1.807) is 12.1 Å². The maximum Gasteiger partial charge on any atom is 0.318 e. The van der Waals surface area contributed by atoms with E-state index in [0.29, 0.717) is 12.6 Å². The summed E-state index contributed by atoms with van der Waals surface area (Å²) in [6, 6.07) is 7.06. The summed E-state index contributed by atoms with van der Waals surface area (Å²) in [4.78, 5) is 17.0. The molecule has 5 nitrogen and oxygen atoms in total. The first-order valence-corrected chi connectivity index (χ1v) is 9.36. The Morgan fingerprint density at radius 2 is 2.00 bits per heavy atom. The van der Waals surface area contributed by atoms with E-state index in [-0.39, 0.29) is 24.0 Å². The molecule has 3 aliphatic heterocycles. The van der Waals surface area contributed by atoms with Gasteiger partial charge < -0.3 is 15.0 Å². The van der Waals surface area contributed by atoms with Gasteiger partial charge in [-0.2, -0.15) is 0 Å². The topological polar surface area (TPSA) is 44.8 Å². The second-order valence-corrected chi connectivity index (χ2v) is 7.34. The van der Waals surface area contributed by atoms with Crippen molar-refractivity contribution in [1.29, 1.82) is 0 Å². The van der Waals surface area contributed by atoms with Crippen molar-refractivity contribution in [2.24, 2.45) is 0 Å². The highest BCUT2D eigenvalue weighted by Gasteiger charge is 2.34. The number of carbonyl (C=O) groups is 1. The largest absolute Gasteiger partial charge is 0.373 e. The van der Waals surface area contributed by atoms with Gasteiger partial charge in [-0.05, 0) is 49.9 Å². The number of hydrogen-bond donors (Lipinski definition) is 1. The van der Waals surface area contributed by atoms with Crippen molar-refractivity contribution in [3.8, 4) is 0 Å². The van der Waals surface area contributed by atoms with E-state index >= 15 is 0 Å². The Labute approximate surface area is 148 Å². The fourth-order valence-corrected chi connectivity index (χ4v) is 4.35. The van der Waals surface area contributed by atoms with Crippen LogP contribution in [-0.2, 0) is 4.74 Å². The average molecular weight is 347 g/mol. The molecule has 1 aromatic carbocycles. The number of carbonyl (C=O) groups excluding carboxylic acids is 1. The minimum Gasteiger partial charge on any atom is -0.373 e. The first-order chi connectivity index (χ1) is 12.2. The summed E-state index contributed by atoms with van der Waals surface area (Å²) in [6.07, 6.45) is 4.45.